The third-order valence-corrected chi connectivity index (χ3v) is 4.38. The first kappa shape index (κ1) is 15.2. The number of carbonyl (C=O) groups is 1. The highest BCUT2D eigenvalue weighted by Crippen LogP contribution is 2.45. The predicted octanol–water partition coefficient (Wildman–Crippen LogP) is 4.93. The van der Waals surface area contributed by atoms with Gasteiger partial charge in [-0.25, -0.2) is 0 Å². The summed E-state index contributed by atoms with van der Waals surface area (Å²) >= 11 is 0. The van der Waals surface area contributed by atoms with Gasteiger partial charge in [0.05, 0.1) is 6.42 Å². The summed E-state index contributed by atoms with van der Waals surface area (Å²) in [4.78, 5) is 11.3. The number of carboxylic acids is 1. The third kappa shape index (κ3) is 2.80. The number of aliphatic carboxylic acids is 1. The van der Waals surface area contributed by atoms with Crippen molar-refractivity contribution in [3.63, 3.8) is 0 Å². The molecular weight excluding hydrogens is 308 g/mol. The van der Waals surface area contributed by atoms with E-state index < -0.39 is 5.97 Å². The number of hydrogen-bond acceptors (Lipinski definition) is 1. The van der Waals surface area contributed by atoms with Crippen LogP contribution in [0.1, 0.15) is 16.7 Å². The van der Waals surface area contributed by atoms with Crippen molar-refractivity contribution in [1.82, 2.24) is 0 Å². The van der Waals surface area contributed by atoms with Gasteiger partial charge in [0.15, 0.2) is 0 Å². The van der Waals surface area contributed by atoms with Crippen LogP contribution in [0.5, 0.6) is 0 Å². The normalized spacial score (nSPS) is 14.1. The number of benzene rings is 2. The van der Waals surface area contributed by atoms with Crippen LogP contribution in [0.25, 0.3) is 16.7 Å². The molecule has 0 saturated carbocycles. The minimum Gasteiger partial charge on any atom is -0.481 e. The van der Waals surface area contributed by atoms with Gasteiger partial charge in [0.25, 0.3) is 0 Å². The summed E-state index contributed by atoms with van der Waals surface area (Å²) in [5.74, 6) is -0.824. The molecular formula is C23H16O2. The molecule has 1 N–H and O–H groups in total. The second-order valence-electron chi connectivity index (χ2n) is 6.01. The van der Waals surface area contributed by atoms with Crippen LogP contribution in [0.3, 0.4) is 0 Å². The molecule has 0 spiro atoms. The van der Waals surface area contributed by atoms with E-state index >= 15 is 0 Å². The maximum Gasteiger partial charge on any atom is 0.307 e. The summed E-state index contributed by atoms with van der Waals surface area (Å²) in [6.45, 7) is 0. The lowest BCUT2D eigenvalue weighted by molar-refractivity contribution is -0.136. The van der Waals surface area contributed by atoms with Gasteiger partial charge in [-0.2, -0.15) is 0 Å². The lowest BCUT2D eigenvalue weighted by Gasteiger charge is -2.07. The summed E-state index contributed by atoms with van der Waals surface area (Å²) in [5, 5.41) is 9.29. The Hall–Kier alpha value is -3.35. The van der Waals surface area contributed by atoms with Crippen molar-refractivity contribution in [1.29, 1.82) is 0 Å². The van der Waals surface area contributed by atoms with Crippen molar-refractivity contribution in [2.75, 3.05) is 0 Å². The average Bonchev–Trinajstić information content (AvgIpc) is 2.75. The molecule has 0 fully saturated rings. The minimum atomic E-state index is -0.824. The van der Waals surface area contributed by atoms with E-state index in [1.54, 1.807) is 0 Å². The van der Waals surface area contributed by atoms with Crippen molar-refractivity contribution < 1.29 is 9.90 Å². The molecule has 0 amide bonds. The highest BCUT2D eigenvalue weighted by Gasteiger charge is 2.26. The zero-order chi connectivity index (χ0) is 17.2. The third-order valence-electron chi connectivity index (χ3n) is 4.38. The van der Waals surface area contributed by atoms with Crippen molar-refractivity contribution in [3.05, 3.63) is 107 Å². The molecule has 2 heteroatoms. The Morgan fingerprint density at radius 1 is 0.840 bits per heavy atom. The summed E-state index contributed by atoms with van der Waals surface area (Å²) in [6, 6.07) is 14.1. The van der Waals surface area contributed by atoms with Crippen molar-refractivity contribution >= 4 is 11.5 Å². The van der Waals surface area contributed by atoms with E-state index in [1.807, 2.05) is 60.7 Å². The Morgan fingerprint density at radius 2 is 1.52 bits per heavy atom. The second-order valence-corrected chi connectivity index (χ2v) is 6.01. The van der Waals surface area contributed by atoms with E-state index in [1.165, 1.54) is 0 Å². The molecule has 2 nitrogen and oxygen atoms in total. The SMILES string of the molecule is O=C(O)Cc1cccc2c1C(=C=C1C=CC=CC=C1)c1ccccc1-2. The van der Waals surface area contributed by atoms with Crippen LogP contribution >= 0.6 is 0 Å². The van der Waals surface area contributed by atoms with Crippen LogP contribution in [0.15, 0.2) is 90.2 Å². The standard InChI is InChI=1S/C23H16O2/c24-22(25)15-17-10-7-13-20-18-11-5-6-12-19(18)21(23(17)20)14-16-8-3-1-2-4-9-16/h1-13H,15H2,(H,24,25). The molecule has 0 heterocycles. The summed E-state index contributed by atoms with van der Waals surface area (Å²) in [6.07, 6.45) is 11.9. The Bertz CT molecular complexity index is 1010. The van der Waals surface area contributed by atoms with Gasteiger partial charge in [-0.3, -0.25) is 4.79 Å². The van der Waals surface area contributed by atoms with E-state index in [2.05, 4.69) is 23.9 Å². The molecule has 0 aliphatic heterocycles. The quantitative estimate of drug-likeness (QED) is 0.678. The molecule has 4 rings (SSSR count). The molecule has 2 aromatic carbocycles. The monoisotopic (exact) mass is 324 g/mol. The number of allylic oxidation sites excluding steroid dienone is 7. The van der Waals surface area contributed by atoms with Crippen LogP contribution in [0.2, 0.25) is 0 Å². The number of hydrogen-bond donors (Lipinski definition) is 1. The van der Waals surface area contributed by atoms with Gasteiger partial charge in [-0.05, 0) is 34.4 Å². The molecule has 25 heavy (non-hydrogen) atoms. The fraction of sp³-hybridized carbons (Fsp3) is 0.0435. The van der Waals surface area contributed by atoms with Gasteiger partial charge in [0.1, 0.15) is 0 Å². The zero-order valence-electron chi connectivity index (χ0n) is 13.6. The molecule has 0 radical (unpaired) electrons. The van der Waals surface area contributed by atoms with Crippen molar-refractivity contribution in [3.8, 4) is 11.1 Å². The Morgan fingerprint density at radius 3 is 2.24 bits per heavy atom. The lowest BCUT2D eigenvalue weighted by atomic mass is 9.96. The van der Waals surface area contributed by atoms with E-state index in [9.17, 15) is 9.90 Å². The average molecular weight is 324 g/mol. The summed E-state index contributed by atoms with van der Waals surface area (Å²) in [5.41, 5.74) is 10.6. The Labute approximate surface area is 146 Å². The highest BCUT2D eigenvalue weighted by molar-refractivity contribution is 6.02. The predicted molar refractivity (Wildman–Crippen MR) is 100 cm³/mol. The fourth-order valence-corrected chi connectivity index (χ4v) is 3.36. The van der Waals surface area contributed by atoms with Gasteiger partial charge >= 0.3 is 5.97 Å². The minimum absolute atomic E-state index is 0.00487. The van der Waals surface area contributed by atoms with Crippen LogP contribution in [0, 0.1) is 0 Å². The molecule has 2 aliphatic rings. The highest BCUT2D eigenvalue weighted by atomic mass is 16.4. The van der Waals surface area contributed by atoms with E-state index in [0.717, 1.165) is 39.0 Å². The molecule has 0 aromatic heterocycles. The van der Waals surface area contributed by atoms with Crippen LogP contribution in [-0.4, -0.2) is 11.1 Å². The van der Waals surface area contributed by atoms with E-state index in [-0.39, 0.29) is 6.42 Å². The number of fused-ring (bicyclic) bond motifs is 3. The topological polar surface area (TPSA) is 37.3 Å². The molecule has 120 valence electrons. The molecule has 0 saturated heterocycles. The van der Waals surface area contributed by atoms with E-state index in [0.29, 0.717) is 0 Å². The molecule has 0 unspecified atom stereocenters. The van der Waals surface area contributed by atoms with Gasteiger partial charge in [0.2, 0.25) is 0 Å². The summed E-state index contributed by atoms with van der Waals surface area (Å²) < 4.78 is 0. The maximum absolute atomic E-state index is 11.3. The first-order valence-electron chi connectivity index (χ1n) is 8.20. The van der Waals surface area contributed by atoms with Gasteiger partial charge in [-0.15, -0.1) is 5.73 Å². The van der Waals surface area contributed by atoms with Crippen molar-refractivity contribution in [2.45, 2.75) is 6.42 Å². The van der Waals surface area contributed by atoms with Crippen LogP contribution < -0.4 is 0 Å². The molecule has 2 aromatic rings. The number of rotatable bonds is 2. The second kappa shape index (κ2) is 6.27. The largest absolute Gasteiger partial charge is 0.481 e. The fourth-order valence-electron chi connectivity index (χ4n) is 3.36. The van der Waals surface area contributed by atoms with Crippen molar-refractivity contribution in [2.24, 2.45) is 0 Å². The first-order valence-corrected chi connectivity index (χ1v) is 8.20. The van der Waals surface area contributed by atoms with Gasteiger partial charge in [0, 0.05) is 16.7 Å². The van der Waals surface area contributed by atoms with Gasteiger partial charge in [-0.1, -0.05) is 66.8 Å². The Balaban J connectivity index is 2.03. The van der Waals surface area contributed by atoms with Crippen LogP contribution in [0.4, 0.5) is 0 Å². The van der Waals surface area contributed by atoms with Crippen LogP contribution in [-0.2, 0) is 11.2 Å². The summed E-state index contributed by atoms with van der Waals surface area (Å²) in [7, 11) is 0. The molecule has 2 aliphatic carbocycles. The van der Waals surface area contributed by atoms with E-state index in [4.69, 9.17) is 0 Å². The smallest absolute Gasteiger partial charge is 0.307 e. The Kier molecular flexibility index (Phi) is 3.81. The zero-order valence-corrected chi connectivity index (χ0v) is 13.6. The lowest BCUT2D eigenvalue weighted by Crippen LogP contribution is -2.02. The van der Waals surface area contributed by atoms with Gasteiger partial charge < -0.3 is 5.11 Å². The number of carboxylic acid groups (broad SMARTS) is 1. The molecule has 0 bridgehead atoms. The maximum atomic E-state index is 11.3. The first-order chi connectivity index (χ1) is 12.2. The molecule has 0 atom stereocenters.